The van der Waals surface area contributed by atoms with Crippen LogP contribution in [0.5, 0.6) is 0 Å². The van der Waals surface area contributed by atoms with E-state index in [1.165, 1.54) is 6.42 Å². The summed E-state index contributed by atoms with van der Waals surface area (Å²) in [6, 6.07) is 1.67. The maximum absolute atomic E-state index is 12.5. The molecule has 1 amide bonds. The Morgan fingerprint density at radius 2 is 2.10 bits per heavy atom. The second-order valence-electron chi connectivity index (χ2n) is 6.64. The molecule has 0 spiro atoms. The Morgan fingerprint density at radius 1 is 1.35 bits per heavy atom. The molecule has 0 radical (unpaired) electrons. The van der Waals surface area contributed by atoms with Crippen LogP contribution in [0.4, 0.5) is 0 Å². The highest BCUT2D eigenvalue weighted by Crippen LogP contribution is 2.34. The summed E-state index contributed by atoms with van der Waals surface area (Å²) < 4.78 is 0. The lowest BCUT2D eigenvalue weighted by Gasteiger charge is -2.29. The summed E-state index contributed by atoms with van der Waals surface area (Å²) in [7, 11) is 0. The van der Waals surface area contributed by atoms with Crippen LogP contribution < -0.4 is 0 Å². The largest absolute Gasteiger partial charge is 0.339 e. The number of hydrogen-bond acceptors (Lipinski definition) is 2. The Kier molecular flexibility index (Phi) is 4.69. The first-order valence-corrected chi connectivity index (χ1v) is 7.66. The predicted octanol–water partition coefficient (Wildman–Crippen LogP) is 4.02. The van der Waals surface area contributed by atoms with Gasteiger partial charge in [0.1, 0.15) is 0 Å². The van der Waals surface area contributed by atoms with E-state index in [2.05, 4.69) is 25.8 Å². The summed E-state index contributed by atoms with van der Waals surface area (Å²) in [6.07, 6.45) is 6.49. The van der Waals surface area contributed by atoms with Crippen LogP contribution in [-0.4, -0.2) is 28.9 Å². The first kappa shape index (κ1) is 15.3. The van der Waals surface area contributed by atoms with Crippen molar-refractivity contribution in [1.29, 1.82) is 0 Å². The van der Waals surface area contributed by atoms with Crippen molar-refractivity contribution >= 4 is 17.5 Å². The molecule has 110 valence electrons. The first-order chi connectivity index (χ1) is 9.39. The maximum atomic E-state index is 12.5. The van der Waals surface area contributed by atoms with Crippen LogP contribution in [0.3, 0.4) is 0 Å². The molecular weight excluding hydrogens is 272 g/mol. The SMILES string of the molecule is CC(C)(C)C1CCCN(C(=O)c2cnccc2Cl)CC1. The topological polar surface area (TPSA) is 33.2 Å². The maximum Gasteiger partial charge on any atom is 0.256 e. The smallest absolute Gasteiger partial charge is 0.256 e. The van der Waals surface area contributed by atoms with Crippen LogP contribution in [0.25, 0.3) is 0 Å². The van der Waals surface area contributed by atoms with Crippen LogP contribution in [0.15, 0.2) is 18.5 Å². The highest BCUT2D eigenvalue weighted by atomic mass is 35.5. The number of carbonyl (C=O) groups is 1. The lowest BCUT2D eigenvalue weighted by Crippen LogP contribution is -2.32. The zero-order valence-corrected chi connectivity index (χ0v) is 13.3. The second kappa shape index (κ2) is 6.13. The third-order valence-electron chi connectivity index (χ3n) is 4.24. The Bertz CT molecular complexity index is 482. The van der Waals surface area contributed by atoms with Crippen LogP contribution in [0, 0.1) is 11.3 Å². The van der Waals surface area contributed by atoms with E-state index < -0.39 is 0 Å². The number of pyridine rings is 1. The molecule has 3 nitrogen and oxygen atoms in total. The van der Waals surface area contributed by atoms with Gasteiger partial charge in [-0.1, -0.05) is 32.4 Å². The summed E-state index contributed by atoms with van der Waals surface area (Å²) in [4.78, 5) is 18.5. The second-order valence-corrected chi connectivity index (χ2v) is 7.05. The number of hydrogen-bond donors (Lipinski definition) is 0. The fourth-order valence-electron chi connectivity index (χ4n) is 2.87. The van der Waals surface area contributed by atoms with E-state index in [4.69, 9.17) is 11.6 Å². The predicted molar refractivity (Wildman–Crippen MR) is 81.9 cm³/mol. The summed E-state index contributed by atoms with van der Waals surface area (Å²) >= 11 is 6.09. The number of carbonyl (C=O) groups excluding carboxylic acids is 1. The summed E-state index contributed by atoms with van der Waals surface area (Å²) in [5.74, 6) is 0.683. The van der Waals surface area contributed by atoms with Gasteiger partial charge in [-0.15, -0.1) is 0 Å². The summed E-state index contributed by atoms with van der Waals surface area (Å²) in [6.45, 7) is 8.48. The van der Waals surface area contributed by atoms with Crippen molar-refractivity contribution in [3.05, 3.63) is 29.0 Å². The van der Waals surface area contributed by atoms with Crippen molar-refractivity contribution in [2.75, 3.05) is 13.1 Å². The normalized spacial score (nSPS) is 20.6. The number of amides is 1. The molecule has 2 rings (SSSR count). The lowest BCUT2D eigenvalue weighted by molar-refractivity contribution is 0.0755. The molecule has 1 fully saturated rings. The van der Waals surface area contributed by atoms with Crippen molar-refractivity contribution in [3.8, 4) is 0 Å². The zero-order chi connectivity index (χ0) is 14.8. The van der Waals surface area contributed by atoms with Gasteiger partial charge in [-0.05, 0) is 36.7 Å². The van der Waals surface area contributed by atoms with Gasteiger partial charge in [-0.2, -0.15) is 0 Å². The van der Waals surface area contributed by atoms with Crippen LogP contribution >= 0.6 is 11.6 Å². The van der Waals surface area contributed by atoms with Crippen molar-refractivity contribution < 1.29 is 4.79 Å². The quantitative estimate of drug-likeness (QED) is 0.783. The average Bonchev–Trinajstić information content (AvgIpc) is 2.63. The lowest BCUT2D eigenvalue weighted by atomic mass is 9.77. The Balaban J connectivity index is 2.08. The van der Waals surface area contributed by atoms with Crippen molar-refractivity contribution in [2.24, 2.45) is 11.3 Å². The van der Waals surface area contributed by atoms with Gasteiger partial charge in [0.15, 0.2) is 0 Å². The van der Waals surface area contributed by atoms with Gasteiger partial charge in [0.05, 0.1) is 10.6 Å². The fraction of sp³-hybridized carbons (Fsp3) is 0.625. The Labute approximate surface area is 126 Å². The minimum Gasteiger partial charge on any atom is -0.339 e. The molecule has 1 atom stereocenters. The third-order valence-corrected chi connectivity index (χ3v) is 4.57. The Hall–Kier alpha value is -1.09. The van der Waals surface area contributed by atoms with Gasteiger partial charge >= 0.3 is 0 Å². The average molecular weight is 295 g/mol. The van der Waals surface area contributed by atoms with E-state index in [1.807, 2.05) is 4.90 Å². The molecule has 0 aromatic carbocycles. The van der Waals surface area contributed by atoms with Gasteiger partial charge in [0.25, 0.3) is 5.91 Å². The number of halogens is 1. The molecule has 1 aromatic rings. The minimum atomic E-state index is 0.0117. The van der Waals surface area contributed by atoms with Gasteiger partial charge in [0, 0.05) is 25.5 Å². The van der Waals surface area contributed by atoms with Crippen LogP contribution in [0.1, 0.15) is 50.4 Å². The molecule has 0 aliphatic carbocycles. The van der Waals surface area contributed by atoms with Crippen molar-refractivity contribution in [3.63, 3.8) is 0 Å². The van der Waals surface area contributed by atoms with Gasteiger partial charge in [-0.3, -0.25) is 9.78 Å². The molecule has 4 heteroatoms. The summed E-state index contributed by atoms with van der Waals surface area (Å²) in [5.41, 5.74) is 0.828. The number of aromatic nitrogens is 1. The molecule has 1 unspecified atom stereocenters. The van der Waals surface area contributed by atoms with Gasteiger partial charge in [0.2, 0.25) is 0 Å². The molecule has 0 N–H and O–H groups in total. The number of likely N-dealkylation sites (tertiary alicyclic amines) is 1. The van der Waals surface area contributed by atoms with Crippen LogP contribution in [0.2, 0.25) is 5.02 Å². The van der Waals surface area contributed by atoms with Crippen molar-refractivity contribution in [1.82, 2.24) is 9.88 Å². The van der Waals surface area contributed by atoms with E-state index in [9.17, 15) is 4.79 Å². The highest BCUT2D eigenvalue weighted by molar-refractivity contribution is 6.33. The minimum absolute atomic E-state index is 0.0117. The third kappa shape index (κ3) is 3.51. The van der Waals surface area contributed by atoms with E-state index in [0.29, 0.717) is 21.9 Å². The molecular formula is C16H23ClN2O. The number of nitrogens with zero attached hydrogens (tertiary/aromatic N) is 2. The molecule has 20 heavy (non-hydrogen) atoms. The monoisotopic (exact) mass is 294 g/mol. The van der Waals surface area contributed by atoms with Crippen LogP contribution in [-0.2, 0) is 0 Å². The highest BCUT2D eigenvalue weighted by Gasteiger charge is 2.29. The molecule has 1 aliphatic rings. The van der Waals surface area contributed by atoms with Gasteiger partial charge in [-0.25, -0.2) is 0 Å². The molecule has 1 saturated heterocycles. The number of rotatable bonds is 1. The molecule has 2 heterocycles. The fourth-order valence-corrected chi connectivity index (χ4v) is 3.06. The van der Waals surface area contributed by atoms with E-state index in [-0.39, 0.29) is 5.91 Å². The van der Waals surface area contributed by atoms with E-state index in [1.54, 1.807) is 18.5 Å². The van der Waals surface area contributed by atoms with Gasteiger partial charge < -0.3 is 4.90 Å². The molecule has 1 aromatic heterocycles. The molecule has 0 saturated carbocycles. The molecule has 0 bridgehead atoms. The first-order valence-electron chi connectivity index (χ1n) is 7.28. The standard InChI is InChI=1S/C16H23ClN2O/c1-16(2,3)12-5-4-9-19(10-7-12)15(20)13-11-18-8-6-14(13)17/h6,8,11-12H,4-5,7,9-10H2,1-3H3. The summed E-state index contributed by atoms with van der Waals surface area (Å²) in [5, 5.41) is 0.488. The van der Waals surface area contributed by atoms with E-state index in [0.717, 1.165) is 25.9 Å². The Morgan fingerprint density at radius 3 is 2.75 bits per heavy atom. The van der Waals surface area contributed by atoms with E-state index >= 15 is 0 Å². The molecule has 1 aliphatic heterocycles. The zero-order valence-electron chi connectivity index (χ0n) is 12.5. The van der Waals surface area contributed by atoms with Crippen molar-refractivity contribution in [2.45, 2.75) is 40.0 Å².